The van der Waals surface area contributed by atoms with Crippen LogP contribution in [0.3, 0.4) is 0 Å². The van der Waals surface area contributed by atoms with Crippen LogP contribution in [-0.2, 0) is 0 Å². The molecular weight excluding hydrogens is 308 g/mol. The minimum Gasteiger partial charge on any atom is -0.497 e. The van der Waals surface area contributed by atoms with Crippen molar-refractivity contribution in [2.45, 2.75) is 0 Å². The smallest absolute Gasteiger partial charge is 0.191 e. The number of hydrazone groups is 1. The van der Waals surface area contributed by atoms with Gasteiger partial charge in [0, 0.05) is 17.3 Å². The molecule has 0 radical (unpaired) electrons. The number of nitrogens with zero attached hydrogens (tertiary/aromatic N) is 1. The highest BCUT2D eigenvalue weighted by Crippen LogP contribution is 2.14. The van der Waals surface area contributed by atoms with Gasteiger partial charge in [-0.3, -0.25) is 5.43 Å². The zero-order valence-electron chi connectivity index (χ0n) is 11.6. The molecule has 0 aliphatic carbocycles. The van der Waals surface area contributed by atoms with E-state index in [2.05, 4.69) is 15.8 Å². The van der Waals surface area contributed by atoms with Gasteiger partial charge in [-0.2, -0.15) is 5.10 Å². The Morgan fingerprint density at radius 2 is 1.91 bits per heavy atom. The molecule has 0 aliphatic rings. The molecular formula is C15H13F2N3OS. The normalized spacial score (nSPS) is 10.5. The van der Waals surface area contributed by atoms with Gasteiger partial charge in [0.2, 0.25) is 0 Å². The summed E-state index contributed by atoms with van der Waals surface area (Å²) in [5.41, 5.74) is 3.45. The number of rotatable bonds is 4. The summed E-state index contributed by atoms with van der Waals surface area (Å²) in [4.78, 5) is 0. The molecule has 0 aliphatic heterocycles. The van der Waals surface area contributed by atoms with Gasteiger partial charge in [-0.25, -0.2) is 8.78 Å². The Morgan fingerprint density at radius 1 is 1.18 bits per heavy atom. The zero-order valence-corrected chi connectivity index (χ0v) is 12.5. The van der Waals surface area contributed by atoms with Crippen LogP contribution >= 0.6 is 12.2 Å². The third-order valence-electron chi connectivity index (χ3n) is 2.68. The Kier molecular flexibility index (Phi) is 5.37. The van der Waals surface area contributed by atoms with Gasteiger partial charge in [0.05, 0.1) is 13.3 Å². The molecule has 0 heterocycles. The zero-order chi connectivity index (χ0) is 15.9. The minimum absolute atomic E-state index is 0.154. The molecule has 114 valence electrons. The maximum absolute atomic E-state index is 13.4. The standard InChI is InChI=1S/C15H13F2N3OS/c1-21-13-6-4-12(5-7-13)19-15(22)20-18-9-10-2-3-11(16)8-14(10)17/h2-9H,1H3,(H2,19,20,22)/b18-9-. The monoisotopic (exact) mass is 321 g/mol. The van der Waals surface area contributed by atoms with Crippen LogP contribution < -0.4 is 15.5 Å². The molecule has 2 rings (SSSR count). The molecule has 22 heavy (non-hydrogen) atoms. The second-order valence-electron chi connectivity index (χ2n) is 4.22. The van der Waals surface area contributed by atoms with E-state index in [4.69, 9.17) is 17.0 Å². The van der Waals surface area contributed by atoms with E-state index < -0.39 is 11.6 Å². The van der Waals surface area contributed by atoms with Gasteiger partial charge in [-0.1, -0.05) is 0 Å². The van der Waals surface area contributed by atoms with E-state index in [1.54, 1.807) is 31.4 Å². The fourth-order valence-corrected chi connectivity index (χ4v) is 1.77. The average Bonchev–Trinajstić information content (AvgIpc) is 2.50. The quantitative estimate of drug-likeness (QED) is 0.515. The number of ether oxygens (including phenoxy) is 1. The van der Waals surface area contributed by atoms with Gasteiger partial charge < -0.3 is 10.1 Å². The molecule has 0 fully saturated rings. The fraction of sp³-hybridized carbons (Fsp3) is 0.0667. The largest absolute Gasteiger partial charge is 0.497 e. The molecule has 0 saturated carbocycles. The van der Waals surface area contributed by atoms with Crippen molar-refractivity contribution in [1.29, 1.82) is 0 Å². The minimum atomic E-state index is -0.695. The number of thiocarbonyl (C=S) groups is 1. The predicted molar refractivity (Wildman–Crippen MR) is 86.3 cm³/mol. The molecule has 0 bridgehead atoms. The summed E-state index contributed by atoms with van der Waals surface area (Å²) in [6.07, 6.45) is 1.22. The van der Waals surface area contributed by atoms with Gasteiger partial charge in [0.25, 0.3) is 0 Å². The first-order chi connectivity index (χ1) is 10.6. The van der Waals surface area contributed by atoms with E-state index in [0.29, 0.717) is 0 Å². The average molecular weight is 321 g/mol. The molecule has 0 aromatic heterocycles. The van der Waals surface area contributed by atoms with Gasteiger partial charge >= 0.3 is 0 Å². The lowest BCUT2D eigenvalue weighted by atomic mass is 10.2. The molecule has 0 amide bonds. The van der Waals surface area contributed by atoms with Crippen molar-refractivity contribution in [1.82, 2.24) is 5.43 Å². The molecule has 0 atom stereocenters. The van der Waals surface area contributed by atoms with Crippen molar-refractivity contribution in [3.63, 3.8) is 0 Å². The van der Waals surface area contributed by atoms with Gasteiger partial charge in [0.15, 0.2) is 5.11 Å². The third-order valence-corrected chi connectivity index (χ3v) is 2.87. The summed E-state index contributed by atoms with van der Waals surface area (Å²) < 4.78 is 31.2. The van der Waals surface area contributed by atoms with Crippen molar-refractivity contribution >= 4 is 29.2 Å². The molecule has 7 heteroatoms. The van der Waals surface area contributed by atoms with Crippen LogP contribution in [0, 0.1) is 11.6 Å². The molecule has 2 aromatic carbocycles. The third kappa shape index (κ3) is 4.49. The first kappa shape index (κ1) is 15.8. The first-order valence-corrected chi connectivity index (χ1v) is 6.68. The SMILES string of the molecule is COc1ccc(NC(=S)N/N=C\c2ccc(F)cc2F)cc1. The molecule has 0 saturated heterocycles. The number of hydrogen-bond donors (Lipinski definition) is 2. The Balaban J connectivity index is 1.90. The van der Waals surface area contributed by atoms with Crippen LogP contribution in [0.15, 0.2) is 47.6 Å². The number of nitrogens with one attached hydrogen (secondary N) is 2. The van der Waals surface area contributed by atoms with E-state index in [-0.39, 0.29) is 10.7 Å². The topological polar surface area (TPSA) is 45.6 Å². The van der Waals surface area contributed by atoms with Gasteiger partial charge in [0.1, 0.15) is 17.4 Å². The summed E-state index contributed by atoms with van der Waals surface area (Å²) >= 11 is 5.05. The number of anilines is 1. The maximum Gasteiger partial charge on any atom is 0.191 e. The lowest BCUT2D eigenvalue weighted by molar-refractivity contribution is 0.415. The summed E-state index contributed by atoms with van der Waals surface area (Å²) in [6, 6.07) is 10.4. The van der Waals surface area contributed by atoms with Crippen LogP contribution in [0.5, 0.6) is 5.75 Å². The van der Waals surface area contributed by atoms with E-state index in [0.717, 1.165) is 23.6 Å². The number of methoxy groups -OCH3 is 1. The van der Waals surface area contributed by atoms with Crippen LogP contribution in [0.4, 0.5) is 14.5 Å². The van der Waals surface area contributed by atoms with Crippen LogP contribution in [0.25, 0.3) is 0 Å². The molecule has 4 nitrogen and oxygen atoms in total. The van der Waals surface area contributed by atoms with E-state index in [1.165, 1.54) is 12.3 Å². The number of hydrogen-bond acceptors (Lipinski definition) is 3. The molecule has 2 aromatic rings. The van der Waals surface area contributed by atoms with Crippen molar-refractivity contribution in [2.24, 2.45) is 5.10 Å². The van der Waals surface area contributed by atoms with Crippen molar-refractivity contribution in [3.05, 3.63) is 59.7 Å². The predicted octanol–water partition coefficient (Wildman–Crippen LogP) is 3.29. The van der Waals surface area contributed by atoms with Crippen molar-refractivity contribution in [3.8, 4) is 5.75 Å². The molecule has 2 N–H and O–H groups in total. The van der Waals surface area contributed by atoms with E-state index >= 15 is 0 Å². The maximum atomic E-state index is 13.4. The highest BCUT2D eigenvalue weighted by atomic mass is 32.1. The van der Waals surface area contributed by atoms with Gasteiger partial charge in [-0.15, -0.1) is 0 Å². The van der Waals surface area contributed by atoms with Crippen LogP contribution in [0.1, 0.15) is 5.56 Å². The van der Waals surface area contributed by atoms with Crippen molar-refractivity contribution in [2.75, 3.05) is 12.4 Å². The van der Waals surface area contributed by atoms with Crippen LogP contribution in [0.2, 0.25) is 0 Å². The summed E-state index contributed by atoms with van der Waals surface area (Å²) in [5, 5.41) is 6.94. The molecule has 0 unspecified atom stereocenters. The first-order valence-electron chi connectivity index (χ1n) is 6.27. The van der Waals surface area contributed by atoms with Crippen LogP contribution in [-0.4, -0.2) is 18.4 Å². The Labute approximate surface area is 131 Å². The Morgan fingerprint density at radius 3 is 2.55 bits per heavy atom. The number of halogens is 2. The second-order valence-corrected chi connectivity index (χ2v) is 4.63. The summed E-state index contributed by atoms with van der Waals surface area (Å²) in [6.45, 7) is 0. The van der Waals surface area contributed by atoms with E-state index in [9.17, 15) is 8.78 Å². The summed E-state index contributed by atoms with van der Waals surface area (Å²) in [5.74, 6) is -0.604. The fourth-order valence-electron chi connectivity index (χ4n) is 1.60. The second kappa shape index (κ2) is 7.46. The lowest BCUT2D eigenvalue weighted by Gasteiger charge is -2.07. The van der Waals surface area contributed by atoms with Gasteiger partial charge in [-0.05, 0) is 48.6 Å². The molecule has 0 spiro atoms. The number of benzene rings is 2. The Hall–Kier alpha value is -2.54. The van der Waals surface area contributed by atoms with E-state index in [1.807, 2.05) is 0 Å². The highest BCUT2D eigenvalue weighted by molar-refractivity contribution is 7.80. The Bertz CT molecular complexity index is 690. The van der Waals surface area contributed by atoms with Crippen molar-refractivity contribution < 1.29 is 13.5 Å². The summed E-state index contributed by atoms with van der Waals surface area (Å²) in [7, 11) is 1.58. The highest BCUT2D eigenvalue weighted by Gasteiger charge is 2.01. The lowest BCUT2D eigenvalue weighted by Crippen LogP contribution is -2.23.